The van der Waals surface area contributed by atoms with Crippen LogP contribution in [0, 0.1) is 5.82 Å². The van der Waals surface area contributed by atoms with Crippen molar-refractivity contribution in [2.45, 2.75) is 0 Å². The lowest BCUT2D eigenvalue weighted by Crippen LogP contribution is -1.97. The Balaban J connectivity index is 2.23. The van der Waals surface area contributed by atoms with Gasteiger partial charge in [-0.3, -0.25) is 0 Å². The Labute approximate surface area is 117 Å². The summed E-state index contributed by atoms with van der Waals surface area (Å²) < 4.78 is 21.0. The molecule has 0 unspecified atom stereocenters. The summed E-state index contributed by atoms with van der Waals surface area (Å²) in [4.78, 5) is 4.16. The third-order valence-corrected chi connectivity index (χ3v) is 3.30. The summed E-state index contributed by atoms with van der Waals surface area (Å²) in [6.07, 6.45) is 1.66. The van der Waals surface area contributed by atoms with Crippen LogP contribution in [0.2, 0.25) is 0 Å². The minimum Gasteiger partial charge on any atom is -0.496 e. The van der Waals surface area contributed by atoms with Crippen LogP contribution >= 0.6 is 15.9 Å². The molecule has 0 aliphatic heterocycles. The summed E-state index contributed by atoms with van der Waals surface area (Å²) in [5.74, 6) is 0.242. The smallest absolute Gasteiger partial charge is 0.154 e. The number of methoxy groups -OCH3 is 1. The van der Waals surface area contributed by atoms with E-state index in [9.17, 15) is 4.39 Å². The summed E-state index contributed by atoms with van der Waals surface area (Å²) in [5.41, 5.74) is 1.93. The van der Waals surface area contributed by atoms with Gasteiger partial charge in [-0.1, -0.05) is 0 Å². The molecule has 2 aromatic heterocycles. The largest absolute Gasteiger partial charge is 0.496 e. The molecule has 0 spiro atoms. The van der Waals surface area contributed by atoms with Crippen molar-refractivity contribution in [1.29, 1.82) is 0 Å². The van der Waals surface area contributed by atoms with Crippen molar-refractivity contribution in [3.8, 4) is 17.0 Å². The van der Waals surface area contributed by atoms with Gasteiger partial charge in [-0.2, -0.15) is 5.10 Å². The monoisotopic (exact) mass is 321 g/mol. The number of nitrogens with zero attached hydrogens (tertiary/aromatic N) is 3. The van der Waals surface area contributed by atoms with Gasteiger partial charge in [0.25, 0.3) is 0 Å². The lowest BCUT2D eigenvalue weighted by atomic mass is 10.1. The van der Waals surface area contributed by atoms with Crippen LogP contribution in [0.5, 0.6) is 5.75 Å². The highest BCUT2D eigenvalue weighted by atomic mass is 79.9. The maximum atomic E-state index is 13.4. The quantitative estimate of drug-likeness (QED) is 0.727. The first kappa shape index (κ1) is 12.1. The fraction of sp³-hybridized carbons (Fsp3) is 0.0769. The van der Waals surface area contributed by atoms with Crippen LogP contribution in [0.4, 0.5) is 4.39 Å². The molecule has 0 fully saturated rings. The Morgan fingerprint density at radius 3 is 2.89 bits per heavy atom. The average molecular weight is 322 g/mol. The molecule has 0 N–H and O–H groups in total. The van der Waals surface area contributed by atoms with E-state index in [-0.39, 0.29) is 5.82 Å². The highest BCUT2D eigenvalue weighted by molar-refractivity contribution is 9.10. The lowest BCUT2D eigenvalue weighted by Gasteiger charge is -2.08. The molecule has 0 aliphatic carbocycles. The predicted molar refractivity (Wildman–Crippen MR) is 72.6 cm³/mol. The molecule has 3 aromatic rings. The topological polar surface area (TPSA) is 39.4 Å². The van der Waals surface area contributed by atoms with Crippen LogP contribution in [0.25, 0.3) is 16.9 Å². The number of rotatable bonds is 2. The van der Waals surface area contributed by atoms with E-state index in [0.29, 0.717) is 22.7 Å². The lowest BCUT2D eigenvalue weighted by molar-refractivity contribution is 0.415. The Morgan fingerprint density at radius 2 is 2.11 bits per heavy atom. The molecule has 0 amide bonds. The van der Waals surface area contributed by atoms with E-state index in [1.807, 2.05) is 6.07 Å². The second kappa shape index (κ2) is 4.62. The molecule has 2 heterocycles. The number of hydrogen-bond acceptors (Lipinski definition) is 3. The molecule has 4 nitrogen and oxygen atoms in total. The first-order chi connectivity index (χ1) is 9.19. The zero-order valence-electron chi connectivity index (χ0n) is 9.97. The molecular formula is C13H9BrFN3O. The van der Waals surface area contributed by atoms with Gasteiger partial charge in [0, 0.05) is 5.56 Å². The van der Waals surface area contributed by atoms with Crippen LogP contribution in [-0.4, -0.2) is 21.7 Å². The zero-order chi connectivity index (χ0) is 13.4. The Bertz CT molecular complexity index is 757. The van der Waals surface area contributed by atoms with Gasteiger partial charge >= 0.3 is 0 Å². The second-order valence-electron chi connectivity index (χ2n) is 3.91. The number of ether oxygens (including phenoxy) is 1. The summed E-state index contributed by atoms with van der Waals surface area (Å²) in [7, 11) is 1.54. The van der Waals surface area contributed by atoms with Gasteiger partial charge in [-0.25, -0.2) is 13.9 Å². The SMILES string of the molecule is COc1ccc(F)cc1-c1ccc2ncc(Br)n2n1. The van der Waals surface area contributed by atoms with Crippen molar-refractivity contribution < 1.29 is 9.13 Å². The van der Waals surface area contributed by atoms with Crippen molar-refractivity contribution in [1.82, 2.24) is 14.6 Å². The molecule has 6 heteroatoms. The number of hydrogen-bond donors (Lipinski definition) is 0. The van der Waals surface area contributed by atoms with Crippen molar-refractivity contribution in [3.63, 3.8) is 0 Å². The van der Waals surface area contributed by atoms with Gasteiger partial charge in [-0.05, 0) is 46.3 Å². The molecule has 0 aliphatic rings. The maximum Gasteiger partial charge on any atom is 0.154 e. The molecule has 0 saturated carbocycles. The van der Waals surface area contributed by atoms with Gasteiger partial charge in [0.15, 0.2) is 5.65 Å². The van der Waals surface area contributed by atoms with Crippen molar-refractivity contribution in [3.05, 3.63) is 46.9 Å². The fourth-order valence-electron chi connectivity index (χ4n) is 1.87. The summed E-state index contributed by atoms with van der Waals surface area (Å²) in [5, 5.41) is 4.42. The predicted octanol–water partition coefficient (Wildman–Crippen LogP) is 3.31. The standard InChI is InChI=1S/C13H9BrFN3O/c1-19-11-4-2-8(15)6-9(11)10-3-5-13-16-7-12(14)18(13)17-10/h2-7H,1H3. The van der Waals surface area contributed by atoms with Crippen molar-refractivity contribution in [2.75, 3.05) is 7.11 Å². The summed E-state index contributed by atoms with van der Waals surface area (Å²) in [6.45, 7) is 0. The normalized spacial score (nSPS) is 10.9. The van der Waals surface area contributed by atoms with Crippen LogP contribution in [0.15, 0.2) is 41.1 Å². The zero-order valence-corrected chi connectivity index (χ0v) is 11.6. The Morgan fingerprint density at radius 1 is 1.26 bits per heavy atom. The number of imidazole rings is 1. The van der Waals surface area contributed by atoms with E-state index >= 15 is 0 Å². The Kier molecular flexibility index (Phi) is 2.94. The molecular weight excluding hydrogens is 313 g/mol. The molecule has 0 bridgehead atoms. The van der Waals surface area contributed by atoms with Crippen LogP contribution < -0.4 is 4.74 Å². The van der Waals surface area contributed by atoms with Gasteiger partial charge in [0.2, 0.25) is 0 Å². The van der Waals surface area contributed by atoms with Crippen LogP contribution in [-0.2, 0) is 0 Å². The molecule has 1 aromatic carbocycles. The van der Waals surface area contributed by atoms with Gasteiger partial charge in [0.1, 0.15) is 16.2 Å². The summed E-state index contributed by atoms with van der Waals surface area (Å²) >= 11 is 3.36. The molecule has 96 valence electrons. The van der Waals surface area contributed by atoms with E-state index in [1.54, 1.807) is 30.0 Å². The van der Waals surface area contributed by atoms with E-state index in [0.717, 1.165) is 4.60 Å². The summed E-state index contributed by atoms with van der Waals surface area (Å²) in [6, 6.07) is 7.94. The molecule has 0 atom stereocenters. The number of benzene rings is 1. The van der Waals surface area contributed by atoms with Crippen molar-refractivity contribution in [2.24, 2.45) is 0 Å². The third-order valence-electron chi connectivity index (χ3n) is 2.76. The van der Waals surface area contributed by atoms with Gasteiger partial charge < -0.3 is 4.74 Å². The van der Waals surface area contributed by atoms with E-state index in [4.69, 9.17) is 4.74 Å². The van der Waals surface area contributed by atoms with Crippen LogP contribution in [0.3, 0.4) is 0 Å². The molecule has 0 radical (unpaired) electrons. The van der Waals surface area contributed by atoms with Crippen molar-refractivity contribution >= 4 is 21.6 Å². The highest BCUT2D eigenvalue weighted by Crippen LogP contribution is 2.29. The van der Waals surface area contributed by atoms with Gasteiger partial charge in [0.05, 0.1) is 19.0 Å². The minimum absolute atomic E-state index is 0.331. The minimum atomic E-state index is -0.331. The van der Waals surface area contributed by atoms with Crippen LogP contribution in [0.1, 0.15) is 0 Å². The Hall–Kier alpha value is -1.95. The molecule has 3 rings (SSSR count). The highest BCUT2D eigenvalue weighted by Gasteiger charge is 2.11. The fourth-order valence-corrected chi connectivity index (χ4v) is 2.23. The van der Waals surface area contributed by atoms with E-state index in [2.05, 4.69) is 26.0 Å². The maximum absolute atomic E-state index is 13.4. The number of fused-ring (bicyclic) bond motifs is 1. The van der Waals surface area contributed by atoms with E-state index in [1.165, 1.54) is 12.1 Å². The molecule has 0 saturated heterocycles. The number of halogens is 2. The first-order valence-corrected chi connectivity index (χ1v) is 6.32. The number of aromatic nitrogens is 3. The third kappa shape index (κ3) is 2.08. The second-order valence-corrected chi connectivity index (χ2v) is 4.73. The van der Waals surface area contributed by atoms with Gasteiger partial charge in [-0.15, -0.1) is 0 Å². The molecule has 19 heavy (non-hydrogen) atoms. The average Bonchev–Trinajstić information content (AvgIpc) is 2.80. The first-order valence-electron chi connectivity index (χ1n) is 5.53. The van der Waals surface area contributed by atoms with E-state index < -0.39 is 0 Å².